The van der Waals surface area contributed by atoms with Crippen molar-refractivity contribution in [2.75, 3.05) is 56.1 Å². The number of rotatable bonds is 14. The lowest BCUT2D eigenvalue weighted by Crippen LogP contribution is -2.39. The number of aromatic amines is 1. The van der Waals surface area contributed by atoms with Gasteiger partial charge in [0.1, 0.15) is 12.0 Å². The zero-order valence-corrected chi connectivity index (χ0v) is 38.8. The minimum Gasteiger partial charge on any atom is -0.371 e. The van der Waals surface area contributed by atoms with Gasteiger partial charge in [0.25, 0.3) is 0 Å². The molecule has 8 rings (SSSR count). The van der Waals surface area contributed by atoms with E-state index < -0.39 is 5.91 Å². The third-order valence-electron chi connectivity index (χ3n) is 13.1. The number of fused-ring (bicyclic) bond motifs is 1. The van der Waals surface area contributed by atoms with Crippen molar-refractivity contribution in [2.45, 2.75) is 84.1 Å². The number of benzene rings is 3. The molecule has 2 saturated heterocycles. The molecular formula is C50H59ClN10O4. The van der Waals surface area contributed by atoms with Gasteiger partial charge in [0.05, 0.1) is 10.7 Å². The summed E-state index contributed by atoms with van der Waals surface area (Å²) in [6.45, 7) is 13.9. The summed E-state index contributed by atoms with van der Waals surface area (Å²) in [5.41, 5.74) is 9.45. The molecule has 0 atom stereocenters. The smallest absolute Gasteiger partial charge is 0.321 e. The van der Waals surface area contributed by atoms with Crippen LogP contribution in [0.15, 0.2) is 77.4 Å². The Morgan fingerprint density at radius 2 is 1.71 bits per heavy atom. The van der Waals surface area contributed by atoms with Crippen LogP contribution < -0.4 is 20.4 Å². The summed E-state index contributed by atoms with van der Waals surface area (Å²) in [4.78, 5) is 51.7. The molecule has 3 aromatic heterocycles. The maximum Gasteiger partial charge on any atom is 0.321 e. The molecule has 3 aromatic carbocycles. The van der Waals surface area contributed by atoms with Crippen LogP contribution >= 0.6 is 11.6 Å². The number of nitrogens with one attached hydrogen (secondary N) is 3. The van der Waals surface area contributed by atoms with Crippen molar-refractivity contribution in [2.24, 2.45) is 5.92 Å². The number of urea groups is 1. The number of pyridine rings is 1. The molecule has 15 heteroatoms. The Hall–Kier alpha value is -6.12. The summed E-state index contributed by atoms with van der Waals surface area (Å²) < 4.78 is 5.20. The molecule has 3 amide bonds. The highest BCUT2D eigenvalue weighted by Gasteiger charge is 2.26. The van der Waals surface area contributed by atoms with Gasteiger partial charge < -0.3 is 29.8 Å². The van der Waals surface area contributed by atoms with E-state index in [-0.39, 0.29) is 30.3 Å². The monoisotopic (exact) mass is 898 g/mol. The van der Waals surface area contributed by atoms with Crippen molar-refractivity contribution < 1.29 is 18.9 Å². The first-order chi connectivity index (χ1) is 31.4. The van der Waals surface area contributed by atoms with E-state index in [1.807, 2.05) is 64.2 Å². The molecule has 2 fully saturated rings. The molecule has 3 N–H and O–H groups in total. The summed E-state index contributed by atoms with van der Waals surface area (Å²) in [7, 11) is 1.57. The van der Waals surface area contributed by atoms with E-state index in [1.54, 1.807) is 7.05 Å². The van der Waals surface area contributed by atoms with E-state index >= 15 is 0 Å². The van der Waals surface area contributed by atoms with E-state index in [0.717, 1.165) is 115 Å². The minimum absolute atomic E-state index is 0.0425. The highest BCUT2D eigenvalue weighted by atomic mass is 35.5. The van der Waals surface area contributed by atoms with Gasteiger partial charge in [-0.25, -0.2) is 9.78 Å². The Balaban J connectivity index is 0.806. The standard InChI is InChI=1S/C50H59ClN10O4/c1-32-27-37(11-12-38(32)30-54-46(63)47-55-48(58-65-47)50(2,3)4)44-41-28-39(31-53-45(41)57-56-44)35-9-7-34(8-10-35)36-18-22-59(23-19-36)21-15-33-16-24-60(25-17-33)40-13-14-43(42(51)29-40)61(20-6-26-62)49(64)52-5/h7-14,26-29,31,33,36H,6,15-25,30H2,1-5H3,(H,52,64)(H,54,63)(H,53,56,57). The average molecular weight is 900 g/mol. The first-order valence-corrected chi connectivity index (χ1v) is 23.1. The van der Waals surface area contributed by atoms with Crippen LogP contribution in [0.5, 0.6) is 0 Å². The molecular weight excluding hydrogens is 840 g/mol. The first-order valence-electron chi connectivity index (χ1n) is 22.7. The van der Waals surface area contributed by atoms with E-state index in [2.05, 4.69) is 77.2 Å². The lowest BCUT2D eigenvalue weighted by Gasteiger charge is -2.36. The van der Waals surface area contributed by atoms with Gasteiger partial charge in [0.2, 0.25) is 0 Å². The van der Waals surface area contributed by atoms with Crippen molar-refractivity contribution in [3.63, 3.8) is 0 Å². The zero-order chi connectivity index (χ0) is 45.7. The maximum absolute atomic E-state index is 12.7. The second-order valence-corrected chi connectivity index (χ2v) is 18.9. The Morgan fingerprint density at radius 1 is 0.954 bits per heavy atom. The molecule has 0 unspecified atom stereocenters. The molecule has 2 aliphatic rings. The second-order valence-electron chi connectivity index (χ2n) is 18.4. The van der Waals surface area contributed by atoms with E-state index in [9.17, 15) is 14.4 Å². The van der Waals surface area contributed by atoms with Gasteiger partial charge in [-0.2, -0.15) is 10.1 Å². The molecule has 6 aromatic rings. The summed E-state index contributed by atoms with van der Waals surface area (Å²) in [5.74, 6) is 1.30. The molecule has 65 heavy (non-hydrogen) atoms. The number of carbonyl (C=O) groups is 3. The number of hydrogen-bond acceptors (Lipinski definition) is 10. The Bertz CT molecular complexity index is 2620. The van der Waals surface area contributed by atoms with Crippen LogP contribution in [0.2, 0.25) is 5.02 Å². The number of aryl methyl sites for hydroxylation is 1. The summed E-state index contributed by atoms with van der Waals surface area (Å²) in [5, 5.41) is 18.7. The van der Waals surface area contributed by atoms with Crippen LogP contribution in [0.25, 0.3) is 33.4 Å². The van der Waals surface area contributed by atoms with Crippen LogP contribution in [0.3, 0.4) is 0 Å². The number of carbonyl (C=O) groups excluding carboxylic acids is 3. The van der Waals surface area contributed by atoms with Crippen molar-refractivity contribution in [3.8, 4) is 22.4 Å². The molecule has 5 heterocycles. The molecule has 0 saturated carbocycles. The summed E-state index contributed by atoms with van der Waals surface area (Å²) >= 11 is 6.68. The predicted molar refractivity (Wildman–Crippen MR) is 256 cm³/mol. The number of likely N-dealkylation sites (tertiary alicyclic amines) is 1. The number of aromatic nitrogens is 5. The number of H-pyrrole nitrogens is 1. The topological polar surface area (TPSA) is 165 Å². The van der Waals surface area contributed by atoms with Crippen molar-refractivity contribution in [3.05, 3.63) is 106 Å². The largest absolute Gasteiger partial charge is 0.371 e. The van der Waals surface area contributed by atoms with Crippen LogP contribution in [0.1, 0.15) is 98.4 Å². The highest BCUT2D eigenvalue weighted by molar-refractivity contribution is 6.34. The normalized spacial score (nSPS) is 15.3. The van der Waals surface area contributed by atoms with Crippen molar-refractivity contribution in [1.82, 2.24) is 40.9 Å². The fourth-order valence-electron chi connectivity index (χ4n) is 9.04. The van der Waals surface area contributed by atoms with E-state index in [4.69, 9.17) is 21.1 Å². The number of aldehydes is 1. The minimum atomic E-state index is -0.404. The SMILES string of the molecule is CNC(=O)N(CCC=O)c1ccc(N2CCC(CCN3CCC(c4ccc(-c5cnc6[nH]nc(-c7ccc(CNC(=O)c8nc(C(C)(C)C)no8)c(C)c7)c6c5)cc4)CC3)CC2)cc1Cl. The van der Waals surface area contributed by atoms with Crippen molar-refractivity contribution in [1.29, 1.82) is 0 Å². The van der Waals surface area contributed by atoms with Crippen LogP contribution in [0, 0.1) is 12.8 Å². The first kappa shape index (κ1) is 45.4. The van der Waals surface area contributed by atoms with E-state index in [1.165, 1.54) is 16.9 Å². The van der Waals surface area contributed by atoms with Crippen LogP contribution in [-0.2, 0) is 16.8 Å². The highest BCUT2D eigenvalue weighted by Crippen LogP contribution is 2.35. The van der Waals surface area contributed by atoms with Gasteiger partial charge in [0, 0.05) is 73.5 Å². The van der Waals surface area contributed by atoms with Gasteiger partial charge in [-0.15, -0.1) is 0 Å². The number of amides is 3. The average Bonchev–Trinajstić information content (AvgIpc) is 4.00. The Labute approximate surface area is 385 Å². The quantitative estimate of drug-likeness (QED) is 0.0899. The van der Waals surface area contributed by atoms with Gasteiger partial charge in [-0.05, 0) is 123 Å². The number of nitrogens with zero attached hydrogens (tertiary/aromatic N) is 7. The Kier molecular flexibility index (Phi) is 14.0. The summed E-state index contributed by atoms with van der Waals surface area (Å²) in [6.07, 6.45) is 8.79. The number of hydrogen-bond donors (Lipinski definition) is 3. The molecule has 2 aliphatic heterocycles. The molecule has 340 valence electrons. The van der Waals surface area contributed by atoms with Gasteiger partial charge in [-0.3, -0.25) is 14.8 Å². The fraction of sp³-hybridized carbons (Fsp3) is 0.420. The second kappa shape index (κ2) is 20.0. The Morgan fingerprint density at radius 3 is 2.38 bits per heavy atom. The molecule has 0 radical (unpaired) electrons. The fourth-order valence-corrected chi connectivity index (χ4v) is 9.31. The van der Waals surface area contributed by atoms with E-state index in [0.29, 0.717) is 34.9 Å². The maximum atomic E-state index is 12.7. The third kappa shape index (κ3) is 10.6. The summed E-state index contributed by atoms with van der Waals surface area (Å²) in [6, 6.07) is 22.9. The molecule has 14 nitrogen and oxygen atoms in total. The predicted octanol–water partition coefficient (Wildman–Crippen LogP) is 9.09. The van der Waals surface area contributed by atoms with Crippen LogP contribution in [0.4, 0.5) is 16.2 Å². The molecule has 0 bridgehead atoms. The van der Waals surface area contributed by atoms with Crippen molar-refractivity contribution >= 4 is 52.2 Å². The van der Waals surface area contributed by atoms with Gasteiger partial charge >= 0.3 is 17.8 Å². The lowest BCUT2D eigenvalue weighted by atomic mass is 9.88. The van der Waals surface area contributed by atoms with Gasteiger partial charge in [-0.1, -0.05) is 73.9 Å². The lowest BCUT2D eigenvalue weighted by molar-refractivity contribution is -0.107. The number of halogens is 1. The zero-order valence-electron chi connectivity index (χ0n) is 38.0. The van der Waals surface area contributed by atoms with Gasteiger partial charge in [0.15, 0.2) is 11.5 Å². The van der Waals surface area contributed by atoms with Crippen LogP contribution in [-0.4, -0.2) is 94.8 Å². The third-order valence-corrected chi connectivity index (χ3v) is 13.4. The number of piperidine rings is 2. The molecule has 0 aliphatic carbocycles. The molecule has 0 spiro atoms. The number of anilines is 2.